The third kappa shape index (κ3) is 2.61. The Kier molecular flexibility index (Phi) is 3.90. The maximum absolute atomic E-state index is 13.5. The standard InChI is InChI=1S/C20H21N7O2/c1-25-13-6-4-5-12(9-13)15-7-2-3-8-26(15)19(28)20(29)27(25)16-11-22-18(21)14-10-23-24-17(14)16/h4-6,9-11,15H,2-3,7-8H2,1H3,(H2,21,22)(H,23,24)/t15-/m1/s1. The number of pyridine rings is 1. The molecule has 3 N–H and O–H groups in total. The number of nitrogens with zero attached hydrogens (tertiary/aromatic N) is 5. The Morgan fingerprint density at radius 3 is 2.90 bits per heavy atom. The minimum Gasteiger partial charge on any atom is -0.383 e. The lowest BCUT2D eigenvalue weighted by Crippen LogP contribution is -2.53. The number of nitrogens with two attached hydrogens (primary N) is 1. The number of aromatic amines is 1. The van der Waals surface area contributed by atoms with Crippen LogP contribution < -0.4 is 15.8 Å². The van der Waals surface area contributed by atoms with Crippen LogP contribution in [0.4, 0.5) is 17.2 Å². The number of rotatable bonds is 1. The number of nitrogens with one attached hydrogen (secondary N) is 1. The van der Waals surface area contributed by atoms with E-state index >= 15 is 0 Å². The van der Waals surface area contributed by atoms with Gasteiger partial charge in [0.2, 0.25) is 0 Å². The van der Waals surface area contributed by atoms with E-state index in [1.807, 2.05) is 24.3 Å². The minimum absolute atomic E-state index is 0.0924. The topological polar surface area (TPSA) is 111 Å². The fourth-order valence-corrected chi connectivity index (χ4v) is 4.29. The molecule has 2 bridgehead atoms. The van der Waals surface area contributed by atoms with Crippen molar-refractivity contribution >= 4 is 39.9 Å². The predicted molar refractivity (Wildman–Crippen MR) is 109 cm³/mol. The van der Waals surface area contributed by atoms with E-state index in [0.29, 0.717) is 29.0 Å². The number of benzene rings is 1. The largest absolute Gasteiger partial charge is 0.383 e. The Hall–Kier alpha value is -3.62. The summed E-state index contributed by atoms with van der Waals surface area (Å²) in [6.45, 7) is 0.566. The summed E-state index contributed by atoms with van der Waals surface area (Å²) >= 11 is 0. The van der Waals surface area contributed by atoms with Crippen molar-refractivity contribution in [3.8, 4) is 0 Å². The lowest BCUT2D eigenvalue weighted by molar-refractivity contribution is -0.147. The number of hydrazine groups is 1. The van der Waals surface area contributed by atoms with Gasteiger partial charge in [0.15, 0.2) is 0 Å². The molecule has 2 amide bonds. The number of piperidine rings is 1. The van der Waals surface area contributed by atoms with Gasteiger partial charge in [-0.3, -0.25) is 19.7 Å². The average Bonchev–Trinajstić information content (AvgIpc) is 3.25. The maximum atomic E-state index is 13.5. The van der Waals surface area contributed by atoms with Crippen molar-refractivity contribution in [1.82, 2.24) is 20.1 Å². The highest BCUT2D eigenvalue weighted by Gasteiger charge is 2.38. The maximum Gasteiger partial charge on any atom is 0.335 e. The van der Waals surface area contributed by atoms with Gasteiger partial charge in [0.1, 0.15) is 11.5 Å². The molecule has 148 valence electrons. The second kappa shape index (κ2) is 6.47. The summed E-state index contributed by atoms with van der Waals surface area (Å²) in [4.78, 5) is 32.7. The first kappa shape index (κ1) is 17.5. The van der Waals surface area contributed by atoms with E-state index in [-0.39, 0.29) is 6.04 Å². The Balaban J connectivity index is 1.71. The lowest BCUT2D eigenvalue weighted by atomic mass is 9.95. The second-order valence-electron chi connectivity index (χ2n) is 7.43. The highest BCUT2D eigenvalue weighted by atomic mass is 16.2. The van der Waals surface area contributed by atoms with Crippen molar-refractivity contribution < 1.29 is 9.59 Å². The molecule has 2 aliphatic rings. The van der Waals surface area contributed by atoms with E-state index in [1.54, 1.807) is 23.2 Å². The van der Waals surface area contributed by atoms with E-state index < -0.39 is 11.8 Å². The number of carbonyl (C=O) groups is 2. The Labute approximate surface area is 167 Å². The highest BCUT2D eigenvalue weighted by Crippen LogP contribution is 2.36. The first-order chi connectivity index (χ1) is 14.1. The summed E-state index contributed by atoms with van der Waals surface area (Å²) in [5.41, 5.74) is 8.77. The third-order valence-corrected chi connectivity index (χ3v) is 5.79. The number of H-pyrrole nitrogens is 1. The number of amides is 2. The van der Waals surface area contributed by atoms with Crippen LogP contribution in [0.25, 0.3) is 10.9 Å². The van der Waals surface area contributed by atoms with E-state index in [1.165, 1.54) is 11.2 Å². The molecule has 1 fully saturated rings. The molecule has 4 heterocycles. The fourth-order valence-electron chi connectivity index (χ4n) is 4.29. The van der Waals surface area contributed by atoms with Gasteiger partial charge in [0.25, 0.3) is 0 Å². The molecule has 0 saturated carbocycles. The molecule has 0 unspecified atom stereocenters. The molecule has 0 aliphatic carbocycles. The molecule has 1 aromatic carbocycles. The molecule has 9 nitrogen and oxygen atoms in total. The summed E-state index contributed by atoms with van der Waals surface area (Å²) < 4.78 is 0. The Morgan fingerprint density at radius 2 is 2.03 bits per heavy atom. The summed E-state index contributed by atoms with van der Waals surface area (Å²) in [5.74, 6) is -0.848. The van der Waals surface area contributed by atoms with Gasteiger partial charge in [-0.2, -0.15) is 5.10 Å². The van der Waals surface area contributed by atoms with Crippen molar-refractivity contribution in [1.29, 1.82) is 0 Å². The molecule has 0 spiro atoms. The average molecular weight is 391 g/mol. The van der Waals surface area contributed by atoms with Gasteiger partial charge in [-0.05, 0) is 37.0 Å². The number of aromatic nitrogens is 3. The number of hydrogen-bond donors (Lipinski definition) is 2. The van der Waals surface area contributed by atoms with Crippen LogP contribution in [-0.4, -0.2) is 45.5 Å². The number of carbonyl (C=O) groups excluding carboxylic acids is 2. The van der Waals surface area contributed by atoms with Gasteiger partial charge in [0.05, 0.1) is 35.0 Å². The fraction of sp³-hybridized carbons (Fsp3) is 0.300. The van der Waals surface area contributed by atoms with Crippen molar-refractivity contribution in [2.24, 2.45) is 0 Å². The van der Waals surface area contributed by atoms with Crippen molar-refractivity contribution in [3.63, 3.8) is 0 Å². The molecule has 1 atom stereocenters. The van der Waals surface area contributed by atoms with E-state index in [0.717, 1.165) is 30.5 Å². The molecule has 1 saturated heterocycles. The molecule has 0 radical (unpaired) electrons. The van der Waals surface area contributed by atoms with Gasteiger partial charge < -0.3 is 10.6 Å². The third-order valence-electron chi connectivity index (χ3n) is 5.79. The number of hydrogen-bond acceptors (Lipinski definition) is 6. The van der Waals surface area contributed by atoms with Crippen LogP contribution >= 0.6 is 0 Å². The highest BCUT2D eigenvalue weighted by molar-refractivity contribution is 6.41. The predicted octanol–water partition coefficient (Wildman–Crippen LogP) is 1.99. The molecule has 3 aromatic rings. The summed E-state index contributed by atoms with van der Waals surface area (Å²) in [7, 11) is 1.76. The van der Waals surface area contributed by atoms with Crippen LogP contribution in [0.15, 0.2) is 36.7 Å². The quantitative estimate of drug-likeness (QED) is 0.614. The first-order valence-corrected chi connectivity index (χ1v) is 9.62. The van der Waals surface area contributed by atoms with Crippen molar-refractivity contribution in [2.45, 2.75) is 25.3 Å². The van der Waals surface area contributed by atoms with Crippen molar-refractivity contribution in [2.75, 3.05) is 29.3 Å². The van der Waals surface area contributed by atoms with E-state index in [4.69, 9.17) is 5.73 Å². The van der Waals surface area contributed by atoms with Crippen LogP contribution in [0, 0.1) is 0 Å². The monoisotopic (exact) mass is 391 g/mol. The first-order valence-electron chi connectivity index (χ1n) is 9.62. The van der Waals surface area contributed by atoms with E-state index in [2.05, 4.69) is 15.2 Å². The summed E-state index contributed by atoms with van der Waals surface area (Å²) in [5, 5.41) is 10.5. The van der Waals surface area contributed by atoms with Gasteiger partial charge in [0, 0.05) is 13.6 Å². The molecule has 29 heavy (non-hydrogen) atoms. The molecular weight excluding hydrogens is 370 g/mol. The van der Waals surface area contributed by atoms with Gasteiger partial charge in [-0.25, -0.2) is 9.99 Å². The van der Waals surface area contributed by atoms with Crippen LogP contribution in [0.2, 0.25) is 0 Å². The Morgan fingerprint density at radius 1 is 1.17 bits per heavy atom. The molecule has 2 aliphatic heterocycles. The van der Waals surface area contributed by atoms with Crippen LogP contribution in [-0.2, 0) is 9.59 Å². The Bertz CT molecular complexity index is 1120. The van der Waals surface area contributed by atoms with Crippen molar-refractivity contribution in [3.05, 3.63) is 42.2 Å². The zero-order chi connectivity index (χ0) is 20.1. The van der Waals surface area contributed by atoms with Crippen LogP contribution in [0.3, 0.4) is 0 Å². The summed E-state index contributed by atoms with van der Waals surface area (Å²) in [6.07, 6.45) is 5.82. The second-order valence-corrected chi connectivity index (χ2v) is 7.43. The normalized spacial score (nSPS) is 19.8. The molecule has 5 rings (SSSR count). The SMILES string of the molecule is CN1c2cccc(c2)[C@H]2CCCCN2C(=O)C(=O)N1c1cnc(N)c2cn[nH]c12. The number of nitrogen functional groups attached to an aromatic ring is 1. The molecule has 2 aromatic heterocycles. The zero-order valence-corrected chi connectivity index (χ0v) is 16.0. The molecular formula is C20H21N7O2. The van der Waals surface area contributed by atoms with Gasteiger partial charge >= 0.3 is 11.8 Å². The van der Waals surface area contributed by atoms with Crippen LogP contribution in [0.1, 0.15) is 30.9 Å². The van der Waals surface area contributed by atoms with Crippen LogP contribution in [0.5, 0.6) is 0 Å². The summed E-state index contributed by atoms with van der Waals surface area (Å²) in [6, 6.07) is 7.84. The molecule has 9 heteroatoms. The van der Waals surface area contributed by atoms with Gasteiger partial charge in [-0.1, -0.05) is 12.1 Å². The smallest absolute Gasteiger partial charge is 0.335 e. The van der Waals surface area contributed by atoms with E-state index in [9.17, 15) is 9.59 Å². The van der Waals surface area contributed by atoms with Gasteiger partial charge in [-0.15, -0.1) is 0 Å². The lowest BCUT2D eigenvalue weighted by Gasteiger charge is -2.36. The number of anilines is 3. The minimum atomic E-state index is -0.635. The number of fused-ring (bicyclic) bond motifs is 5. The zero-order valence-electron chi connectivity index (χ0n) is 16.0.